The van der Waals surface area contributed by atoms with Gasteiger partial charge in [0.1, 0.15) is 5.82 Å². The lowest BCUT2D eigenvalue weighted by molar-refractivity contribution is -0.121. The fraction of sp³-hybridized carbons (Fsp3) is 0.667. The molecule has 5 nitrogen and oxygen atoms in total. The van der Waals surface area contributed by atoms with Crippen molar-refractivity contribution in [2.45, 2.75) is 31.7 Å². The topological polar surface area (TPSA) is 59.0 Å². The Bertz CT molecular complexity index is 370. The van der Waals surface area contributed by atoms with Gasteiger partial charge >= 0.3 is 0 Å². The molecule has 0 bridgehead atoms. The number of rotatable bonds is 7. The molecule has 0 aliphatic heterocycles. The number of carbonyl (C=O) groups excluding carboxylic acids is 1. The van der Waals surface area contributed by atoms with Crippen LogP contribution >= 0.6 is 0 Å². The molecule has 1 heterocycles. The molecule has 1 aliphatic carbocycles. The average molecular weight is 236 g/mol. The van der Waals surface area contributed by atoms with E-state index in [1.54, 1.807) is 6.20 Å². The first-order valence-corrected chi connectivity index (χ1v) is 6.22. The van der Waals surface area contributed by atoms with E-state index in [1.807, 2.05) is 17.8 Å². The number of carbonyl (C=O) groups is 1. The second kappa shape index (κ2) is 5.82. The van der Waals surface area contributed by atoms with Crippen molar-refractivity contribution in [3.63, 3.8) is 0 Å². The number of aromatic nitrogens is 2. The standard InChI is InChI=1S/C12H20N4O/c1-16-9-8-14-11(16)4-6-13-7-5-12(17)15-10-2-3-10/h8-10,13H,2-7H2,1H3,(H,15,17). The molecule has 1 saturated carbocycles. The summed E-state index contributed by atoms with van der Waals surface area (Å²) in [6.45, 7) is 1.60. The number of aryl methyl sites for hydroxylation is 1. The maximum atomic E-state index is 11.4. The molecule has 94 valence electrons. The van der Waals surface area contributed by atoms with Crippen molar-refractivity contribution in [1.82, 2.24) is 20.2 Å². The van der Waals surface area contributed by atoms with E-state index in [4.69, 9.17) is 0 Å². The quantitative estimate of drug-likeness (QED) is 0.666. The summed E-state index contributed by atoms with van der Waals surface area (Å²) in [5.74, 6) is 1.23. The molecule has 1 aromatic rings. The molecular formula is C12H20N4O. The maximum absolute atomic E-state index is 11.4. The van der Waals surface area contributed by atoms with E-state index in [9.17, 15) is 4.79 Å². The van der Waals surface area contributed by atoms with Crippen LogP contribution in [0.4, 0.5) is 0 Å². The normalized spacial score (nSPS) is 14.9. The van der Waals surface area contributed by atoms with E-state index in [2.05, 4.69) is 15.6 Å². The van der Waals surface area contributed by atoms with E-state index in [-0.39, 0.29) is 5.91 Å². The summed E-state index contributed by atoms with van der Waals surface area (Å²) in [7, 11) is 1.99. The molecule has 0 aromatic carbocycles. The van der Waals surface area contributed by atoms with Crippen molar-refractivity contribution in [1.29, 1.82) is 0 Å². The molecule has 1 aromatic heterocycles. The first-order chi connectivity index (χ1) is 8.25. The van der Waals surface area contributed by atoms with Gasteiger partial charge in [0.15, 0.2) is 0 Å². The van der Waals surface area contributed by atoms with Crippen LogP contribution in [-0.2, 0) is 18.3 Å². The van der Waals surface area contributed by atoms with Crippen LogP contribution < -0.4 is 10.6 Å². The van der Waals surface area contributed by atoms with Crippen molar-refractivity contribution in [2.75, 3.05) is 13.1 Å². The molecule has 0 atom stereocenters. The van der Waals surface area contributed by atoms with Gasteiger partial charge in [-0.3, -0.25) is 4.79 Å². The second-order valence-electron chi connectivity index (χ2n) is 4.55. The van der Waals surface area contributed by atoms with Crippen molar-refractivity contribution < 1.29 is 4.79 Å². The number of amides is 1. The van der Waals surface area contributed by atoms with Gasteiger partial charge in [-0.1, -0.05) is 0 Å². The second-order valence-corrected chi connectivity index (χ2v) is 4.55. The van der Waals surface area contributed by atoms with E-state index in [0.717, 1.165) is 38.2 Å². The van der Waals surface area contributed by atoms with Crippen LogP contribution in [0.1, 0.15) is 25.1 Å². The van der Waals surface area contributed by atoms with E-state index in [1.165, 1.54) is 0 Å². The lowest BCUT2D eigenvalue weighted by atomic mass is 10.3. The zero-order chi connectivity index (χ0) is 12.1. The molecule has 0 spiro atoms. The third-order valence-electron chi connectivity index (χ3n) is 2.92. The summed E-state index contributed by atoms with van der Waals surface area (Å²) in [5.41, 5.74) is 0. The van der Waals surface area contributed by atoms with Gasteiger partial charge in [-0.25, -0.2) is 4.98 Å². The van der Waals surface area contributed by atoms with Crippen LogP contribution in [0.15, 0.2) is 12.4 Å². The summed E-state index contributed by atoms with van der Waals surface area (Å²) in [4.78, 5) is 15.6. The van der Waals surface area contributed by atoms with Gasteiger partial charge in [0.05, 0.1) is 0 Å². The minimum Gasteiger partial charge on any atom is -0.353 e. The van der Waals surface area contributed by atoms with Crippen LogP contribution in [-0.4, -0.2) is 34.6 Å². The minimum absolute atomic E-state index is 0.164. The molecule has 5 heteroatoms. The van der Waals surface area contributed by atoms with Crippen LogP contribution in [0.3, 0.4) is 0 Å². The summed E-state index contributed by atoms with van der Waals surface area (Å²) in [6, 6.07) is 0.468. The highest BCUT2D eigenvalue weighted by Crippen LogP contribution is 2.18. The lowest BCUT2D eigenvalue weighted by Gasteiger charge is -2.05. The Kier molecular flexibility index (Phi) is 4.14. The number of hydrogen-bond acceptors (Lipinski definition) is 3. The van der Waals surface area contributed by atoms with E-state index < -0.39 is 0 Å². The number of nitrogens with zero attached hydrogens (tertiary/aromatic N) is 2. The van der Waals surface area contributed by atoms with Gasteiger partial charge in [0.2, 0.25) is 5.91 Å². The highest BCUT2D eigenvalue weighted by Gasteiger charge is 2.22. The van der Waals surface area contributed by atoms with Gasteiger partial charge in [0, 0.05) is 51.4 Å². The number of imidazole rings is 1. The predicted molar refractivity (Wildman–Crippen MR) is 65.6 cm³/mol. The summed E-state index contributed by atoms with van der Waals surface area (Å²) < 4.78 is 2.02. The Morgan fingerprint density at radius 2 is 2.35 bits per heavy atom. The summed E-state index contributed by atoms with van der Waals surface area (Å²) in [6.07, 6.45) is 7.51. The number of nitrogens with one attached hydrogen (secondary N) is 2. The minimum atomic E-state index is 0.164. The third kappa shape index (κ3) is 4.19. The van der Waals surface area contributed by atoms with Crippen molar-refractivity contribution in [3.05, 3.63) is 18.2 Å². The van der Waals surface area contributed by atoms with E-state index in [0.29, 0.717) is 12.5 Å². The largest absolute Gasteiger partial charge is 0.353 e. The predicted octanol–water partition coefficient (Wildman–Crippen LogP) is 0.221. The average Bonchev–Trinajstić information content (AvgIpc) is 3.01. The Morgan fingerprint density at radius 3 is 3.00 bits per heavy atom. The van der Waals surface area contributed by atoms with Crippen LogP contribution in [0, 0.1) is 0 Å². The highest BCUT2D eigenvalue weighted by atomic mass is 16.1. The van der Waals surface area contributed by atoms with Gasteiger partial charge < -0.3 is 15.2 Å². The van der Waals surface area contributed by atoms with Crippen molar-refractivity contribution >= 4 is 5.91 Å². The van der Waals surface area contributed by atoms with Crippen molar-refractivity contribution in [3.8, 4) is 0 Å². The molecule has 2 rings (SSSR count). The number of hydrogen-bond donors (Lipinski definition) is 2. The first kappa shape index (κ1) is 12.1. The van der Waals surface area contributed by atoms with E-state index >= 15 is 0 Å². The Hall–Kier alpha value is -1.36. The Morgan fingerprint density at radius 1 is 1.53 bits per heavy atom. The molecule has 0 radical (unpaired) electrons. The van der Waals surface area contributed by atoms with Crippen LogP contribution in [0.5, 0.6) is 0 Å². The SMILES string of the molecule is Cn1ccnc1CCNCCC(=O)NC1CC1. The molecule has 1 fully saturated rings. The molecule has 0 saturated heterocycles. The van der Waals surface area contributed by atoms with Crippen LogP contribution in [0.25, 0.3) is 0 Å². The summed E-state index contributed by atoms with van der Waals surface area (Å²) >= 11 is 0. The molecule has 1 aliphatic rings. The maximum Gasteiger partial charge on any atom is 0.221 e. The lowest BCUT2D eigenvalue weighted by Crippen LogP contribution is -2.29. The summed E-state index contributed by atoms with van der Waals surface area (Å²) in [5, 5.41) is 6.23. The van der Waals surface area contributed by atoms with Gasteiger partial charge in [-0.05, 0) is 12.8 Å². The van der Waals surface area contributed by atoms with Gasteiger partial charge in [-0.15, -0.1) is 0 Å². The zero-order valence-electron chi connectivity index (χ0n) is 10.3. The highest BCUT2D eigenvalue weighted by molar-refractivity contribution is 5.76. The van der Waals surface area contributed by atoms with Gasteiger partial charge in [-0.2, -0.15) is 0 Å². The van der Waals surface area contributed by atoms with Crippen LogP contribution in [0.2, 0.25) is 0 Å². The molecule has 0 unspecified atom stereocenters. The molecule has 1 amide bonds. The Labute approximate surface area is 102 Å². The molecule has 2 N–H and O–H groups in total. The third-order valence-corrected chi connectivity index (χ3v) is 2.92. The van der Waals surface area contributed by atoms with Crippen molar-refractivity contribution in [2.24, 2.45) is 7.05 Å². The molecule has 17 heavy (non-hydrogen) atoms. The first-order valence-electron chi connectivity index (χ1n) is 6.22. The zero-order valence-corrected chi connectivity index (χ0v) is 10.3. The monoisotopic (exact) mass is 236 g/mol. The fourth-order valence-electron chi connectivity index (χ4n) is 1.69. The molecular weight excluding hydrogens is 216 g/mol. The Balaban J connectivity index is 1.51. The fourth-order valence-corrected chi connectivity index (χ4v) is 1.69. The smallest absolute Gasteiger partial charge is 0.221 e. The van der Waals surface area contributed by atoms with Gasteiger partial charge in [0.25, 0.3) is 0 Å².